The lowest BCUT2D eigenvalue weighted by atomic mass is 9.93. The number of halogens is 3. The average Bonchev–Trinajstić information content (AvgIpc) is 2.38. The van der Waals surface area contributed by atoms with E-state index >= 15 is 0 Å². The van der Waals surface area contributed by atoms with Crippen molar-refractivity contribution in [2.24, 2.45) is 5.92 Å². The lowest BCUT2D eigenvalue weighted by Gasteiger charge is -2.34. The summed E-state index contributed by atoms with van der Waals surface area (Å²) < 4.78 is 38.2. The predicted octanol–water partition coefficient (Wildman–Crippen LogP) is 2.98. The van der Waals surface area contributed by atoms with E-state index < -0.39 is 17.7 Å². The molecule has 1 aromatic carbocycles. The molecule has 0 unspecified atom stereocenters. The van der Waals surface area contributed by atoms with Gasteiger partial charge in [-0.25, -0.2) is 0 Å². The van der Waals surface area contributed by atoms with E-state index in [9.17, 15) is 18.0 Å². The van der Waals surface area contributed by atoms with Gasteiger partial charge in [0.25, 0.3) is 0 Å². The summed E-state index contributed by atoms with van der Waals surface area (Å²) >= 11 is 0. The molecule has 4 nitrogen and oxygen atoms in total. The summed E-state index contributed by atoms with van der Waals surface area (Å²) in [6.07, 6.45) is -3.01. The number of carboxylic acid groups (broad SMARTS) is 1. The van der Waals surface area contributed by atoms with Crippen LogP contribution in [0.2, 0.25) is 0 Å². The average molecular weight is 302 g/mol. The Balaban J connectivity index is 2.11. The fourth-order valence-corrected chi connectivity index (χ4v) is 2.62. The molecule has 1 fully saturated rings. The molecule has 1 aliphatic rings. The summed E-state index contributed by atoms with van der Waals surface area (Å²) in [5.41, 5.74) is 5.73. The molecule has 116 valence electrons. The number of nitrogens with zero attached hydrogens (tertiary/aromatic N) is 1. The molecule has 7 heteroatoms. The van der Waals surface area contributed by atoms with Gasteiger partial charge in [-0.05, 0) is 37.0 Å². The molecule has 0 aromatic heterocycles. The molecular formula is C14H17F3N2O2. The first kappa shape index (κ1) is 15.5. The maximum Gasteiger partial charge on any atom is 0.416 e. The van der Waals surface area contributed by atoms with Crippen molar-refractivity contribution in [3.8, 4) is 0 Å². The lowest BCUT2D eigenvalue weighted by molar-refractivity contribution is -0.139. The molecule has 1 aliphatic heterocycles. The van der Waals surface area contributed by atoms with Crippen LogP contribution in [0.15, 0.2) is 18.2 Å². The molecule has 3 N–H and O–H groups in total. The smallest absolute Gasteiger partial charge is 0.416 e. The standard InChI is InChI=1S/C14H17F3N2O2/c15-14(16,17)10-1-2-11(18)12(8-10)19-5-3-9(4-6-19)7-13(20)21/h1-2,8-9H,3-7,18H2,(H,20,21). The highest BCUT2D eigenvalue weighted by molar-refractivity contribution is 5.69. The van der Waals surface area contributed by atoms with Gasteiger partial charge >= 0.3 is 12.1 Å². The number of carbonyl (C=O) groups is 1. The highest BCUT2D eigenvalue weighted by Crippen LogP contribution is 2.36. The molecule has 1 saturated heterocycles. The van der Waals surface area contributed by atoms with Crippen LogP contribution in [0.3, 0.4) is 0 Å². The number of anilines is 2. The minimum absolute atomic E-state index is 0.0748. The van der Waals surface area contributed by atoms with Crippen LogP contribution < -0.4 is 10.6 Å². The minimum atomic E-state index is -4.40. The molecular weight excluding hydrogens is 285 g/mol. The predicted molar refractivity (Wildman–Crippen MR) is 73.0 cm³/mol. The van der Waals surface area contributed by atoms with Crippen molar-refractivity contribution in [3.63, 3.8) is 0 Å². The summed E-state index contributed by atoms with van der Waals surface area (Å²) in [6, 6.07) is 3.30. The summed E-state index contributed by atoms with van der Waals surface area (Å²) in [5, 5.41) is 8.76. The maximum absolute atomic E-state index is 12.7. The van der Waals surface area contributed by atoms with E-state index in [0.29, 0.717) is 37.3 Å². The van der Waals surface area contributed by atoms with Crippen molar-refractivity contribution in [2.75, 3.05) is 23.7 Å². The van der Waals surface area contributed by atoms with Gasteiger partial charge in [-0.2, -0.15) is 13.2 Å². The maximum atomic E-state index is 12.7. The number of aliphatic carboxylic acids is 1. The number of hydrogen-bond donors (Lipinski definition) is 2. The molecule has 0 spiro atoms. The van der Waals surface area contributed by atoms with Crippen molar-refractivity contribution < 1.29 is 23.1 Å². The SMILES string of the molecule is Nc1ccc(C(F)(F)F)cc1N1CCC(CC(=O)O)CC1. The molecule has 1 heterocycles. The zero-order valence-electron chi connectivity index (χ0n) is 11.4. The van der Waals surface area contributed by atoms with Gasteiger partial charge in [0, 0.05) is 19.5 Å². The third-order valence-corrected chi connectivity index (χ3v) is 3.78. The van der Waals surface area contributed by atoms with E-state index in [2.05, 4.69) is 0 Å². The monoisotopic (exact) mass is 302 g/mol. The Morgan fingerprint density at radius 3 is 2.48 bits per heavy atom. The van der Waals surface area contributed by atoms with Gasteiger partial charge in [-0.1, -0.05) is 0 Å². The molecule has 0 bridgehead atoms. The van der Waals surface area contributed by atoms with Crippen LogP contribution >= 0.6 is 0 Å². The van der Waals surface area contributed by atoms with Gasteiger partial charge in [-0.15, -0.1) is 0 Å². The van der Waals surface area contributed by atoms with E-state index in [1.807, 2.05) is 0 Å². The third kappa shape index (κ3) is 3.80. The lowest BCUT2D eigenvalue weighted by Crippen LogP contribution is -2.35. The summed E-state index contributed by atoms with van der Waals surface area (Å²) in [5.74, 6) is -0.766. The van der Waals surface area contributed by atoms with Gasteiger partial charge < -0.3 is 15.7 Å². The Labute approximate surface area is 120 Å². The Morgan fingerprint density at radius 2 is 1.95 bits per heavy atom. The van der Waals surface area contributed by atoms with Crippen LogP contribution in [-0.2, 0) is 11.0 Å². The van der Waals surface area contributed by atoms with Crippen molar-refractivity contribution in [1.82, 2.24) is 0 Å². The number of alkyl halides is 3. The summed E-state index contributed by atoms with van der Waals surface area (Å²) in [6.45, 7) is 1.03. The van der Waals surface area contributed by atoms with Crippen LogP contribution in [0.1, 0.15) is 24.8 Å². The second-order valence-corrected chi connectivity index (χ2v) is 5.30. The number of nitrogens with two attached hydrogens (primary N) is 1. The van der Waals surface area contributed by atoms with Gasteiger partial charge in [0.2, 0.25) is 0 Å². The van der Waals surface area contributed by atoms with Gasteiger partial charge in [0.05, 0.1) is 16.9 Å². The van der Waals surface area contributed by atoms with E-state index in [1.165, 1.54) is 6.07 Å². The van der Waals surface area contributed by atoms with Crippen molar-refractivity contribution >= 4 is 17.3 Å². The van der Waals surface area contributed by atoms with Crippen LogP contribution in [-0.4, -0.2) is 24.2 Å². The number of carboxylic acids is 1. The zero-order valence-corrected chi connectivity index (χ0v) is 11.4. The highest BCUT2D eigenvalue weighted by atomic mass is 19.4. The van der Waals surface area contributed by atoms with Crippen LogP contribution in [0, 0.1) is 5.92 Å². The summed E-state index contributed by atoms with van der Waals surface area (Å²) in [7, 11) is 0. The number of benzene rings is 1. The topological polar surface area (TPSA) is 66.6 Å². The fourth-order valence-electron chi connectivity index (χ4n) is 2.62. The summed E-state index contributed by atoms with van der Waals surface area (Å²) in [4.78, 5) is 12.5. The first-order valence-electron chi connectivity index (χ1n) is 6.71. The molecule has 0 saturated carbocycles. The normalized spacial score (nSPS) is 17.0. The van der Waals surface area contributed by atoms with E-state index in [4.69, 9.17) is 10.8 Å². The van der Waals surface area contributed by atoms with E-state index in [-0.39, 0.29) is 12.3 Å². The molecule has 0 radical (unpaired) electrons. The van der Waals surface area contributed by atoms with E-state index in [1.54, 1.807) is 4.90 Å². The first-order valence-corrected chi connectivity index (χ1v) is 6.71. The number of nitrogen functional groups attached to an aromatic ring is 1. The quantitative estimate of drug-likeness (QED) is 0.842. The second-order valence-electron chi connectivity index (χ2n) is 5.30. The molecule has 0 atom stereocenters. The number of rotatable bonds is 3. The molecule has 1 aromatic rings. The first-order chi connectivity index (χ1) is 9.77. The third-order valence-electron chi connectivity index (χ3n) is 3.78. The van der Waals surface area contributed by atoms with Gasteiger partial charge in [0.1, 0.15) is 0 Å². The Hall–Kier alpha value is -1.92. The number of piperidine rings is 1. The van der Waals surface area contributed by atoms with Gasteiger partial charge in [0.15, 0.2) is 0 Å². The molecule has 21 heavy (non-hydrogen) atoms. The van der Waals surface area contributed by atoms with Crippen LogP contribution in [0.4, 0.5) is 24.5 Å². The van der Waals surface area contributed by atoms with Gasteiger partial charge in [-0.3, -0.25) is 4.79 Å². The molecule has 2 rings (SSSR count). The fraction of sp³-hybridized carbons (Fsp3) is 0.500. The Kier molecular flexibility index (Phi) is 4.29. The van der Waals surface area contributed by atoms with E-state index in [0.717, 1.165) is 12.1 Å². The largest absolute Gasteiger partial charge is 0.481 e. The van der Waals surface area contributed by atoms with Crippen molar-refractivity contribution in [1.29, 1.82) is 0 Å². The Morgan fingerprint density at radius 1 is 1.33 bits per heavy atom. The van der Waals surface area contributed by atoms with Crippen LogP contribution in [0.5, 0.6) is 0 Å². The highest BCUT2D eigenvalue weighted by Gasteiger charge is 2.32. The number of hydrogen-bond acceptors (Lipinski definition) is 3. The zero-order chi connectivity index (χ0) is 15.6. The van der Waals surface area contributed by atoms with Crippen LogP contribution in [0.25, 0.3) is 0 Å². The van der Waals surface area contributed by atoms with Crippen molar-refractivity contribution in [2.45, 2.75) is 25.4 Å². The second kappa shape index (κ2) is 5.83. The molecule has 0 amide bonds. The Bertz CT molecular complexity index is 523. The minimum Gasteiger partial charge on any atom is -0.481 e. The van der Waals surface area contributed by atoms with Crippen molar-refractivity contribution in [3.05, 3.63) is 23.8 Å². The molecule has 0 aliphatic carbocycles.